The molecule has 0 aliphatic carbocycles. The quantitative estimate of drug-likeness (QED) is 0.821. The van der Waals surface area contributed by atoms with Crippen molar-refractivity contribution in [2.24, 2.45) is 0 Å². The van der Waals surface area contributed by atoms with Gasteiger partial charge in [-0.1, -0.05) is 6.92 Å². The highest BCUT2D eigenvalue weighted by Gasteiger charge is 2.26. The fourth-order valence-corrected chi connectivity index (χ4v) is 2.63. The SMILES string of the molecule is CCc1oc(C(=O)OC)cc1CN1CCC[C@@H]1CO. The number of ether oxygens (including phenoxy) is 1. The lowest BCUT2D eigenvalue weighted by Gasteiger charge is -2.22. The third kappa shape index (κ3) is 2.98. The topological polar surface area (TPSA) is 62.9 Å². The lowest BCUT2D eigenvalue weighted by molar-refractivity contribution is 0.0563. The summed E-state index contributed by atoms with van der Waals surface area (Å²) in [7, 11) is 1.35. The molecule has 1 saturated heterocycles. The summed E-state index contributed by atoms with van der Waals surface area (Å²) in [5, 5.41) is 9.33. The molecule has 106 valence electrons. The summed E-state index contributed by atoms with van der Waals surface area (Å²) < 4.78 is 10.2. The van der Waals surface area contributed by atoms with Crippen LogP contribution in [-0.4, -0.2) is 42.3 Å². The van der Waals surface area contributed by atoms with Crippen LogP contribution in [0.3, 0.4) is 0 Å². The van der Waals surface area contributed by atoms with Crippen molar-refractivity contribution in [1.29, 1.82) is 0 Å². The average molecular weight is 267 g/mol. The minimum Gasteiger partial charge on any atom is -0.463 e. The zero-order valence-corrected chi connectivity index (χ0v) is 11.5. The number of carbonyl (C=O) groups excluding carboxylic acids is 1. The first-order valence-electron chi connectivity index (χ1n) is 6.74. The molecule has 1 N–H and O–H groups in total. The van der Waals surface area contributed by atoms with Crippen LogP contribution in [0, 0.1) is 0 Å². The number of aliphatic hydroxyl groups is 1. The van der Waals surface area contributed by atoms with Gasteiger partial charge in [-0.25, -0.2) is 4.79 Å². The van der Waals surface area contributed by atoms with Gasteiger partial charge in [0.05, 0.1) is 13.7 Å². The van der Waals surface area contributed by atoms with E-state index in [9.17, 15) is 9.90 Å². The zero-order valence-electron chi connectivity index (χ0n) is 11.5. The molecule has 19 heavy (non-hydrogen) atoms. The summed E-state index contributed by atoms with van der Waals surface area (Å²) in [6, 6.07) is 1.98. The van der Waals surface area contributed by atoms with Crippen LogP contribution >= 0.6 is 0 Å². The van der Waals surface area contributed by atoms with Gasteiger partial charge in [0.15, 0.2) is 0 Å². The first-order valence-corrected chi connectivity index (χ1v) is 6.74. The Labute approximate surface area is 113 Å². The monoisotopic (exact) mass is 267 g/mol. The summed E-state index contributed by atoms with van der Waals surface area (Å²) in [5.41, 5.74) is 1.02. The van der Waals surface area contributed by atoms with Gasteiger partial charge in [-0.15, -0.1) is 0 Å². The van der Waals surface area contributed by atoms with Crippen molar-refractivity contribution in [3.63, 3.8) is 0 Å². The zero-order chi connectivity index (χ0) is 13.8. The molecule has 0 radical (unpaired) electrons. The molecule has 1 aliphatic heterocycles. The molecule has 0 aromatic carbocycles. The van der Waals surface area contributed by atoms with Gasteiger partial charge in [0.2, 0.25) is 5.76 Å². The fourth-order valence-electron chi connectivity index (χ4n) is 2.63. The summed E-state index contributed by atoms with van der Waals surface area (Å²) >= 11 is 0. The van der Waals surface area contributed by atoms with Crippen molar-refractivity contribution in [1.82, 2.24) is 4.90 Å². The van der Waals surface area contributed by atoms with Crippen LogP contribution in [0.15, 0.2) is 10.5 Å². The van der Waals surface area contributed by atoms with Crippen molar-refractivity contribution in [3.05, 3.63) is 23.2 Å². The molecule has 0 bridgehead atoms. The van der Waals surface area contributed by atoms with Crippen LogP contribution < -0.4 is 0 Å². The van der Waals surface area contributed by atoms with Crippen LogP contribution in [0.2, 0.25) is 0 Å². The number of furan rings is 1. The summed E-state index contributed by atoms with van der Waals surface area (Å²) in [6.45, 7) is 3.88. The summed E-state index contributed by atoms with van der Waals surface area (Å²) in [6.07, 6.45) is 2.87. The van der Waals surface area contributed by atoms with E-state index in [1.807, 2.05) is 6.92 Å². The average Bonchev–Trinajstić information content (AvgIpc) is 3.04. The molecule has 1 aliphatic rings. The lowest BCUT2D eigenvalue weighted by atomic mass is 10.1. The molecule has 1 fully saturated rings. The first kappa shape index (κ1) is 14.1. The molecule has 5 heteroatoms. The van der Waals surface area contributed by atoms with Crippen molar-refractivity contribution in [2.75, 3.05) is 20.3 Å². The molecule has 0 saturated carbocycles. The van der Waals surface area contributed by atoms with Crippen LogP contribution in [0.1, 0.15) is 41.6 Å². The third-order valence-corrected chi connectivity index (χ3v) is 3.69. The molecule has 0 spiro atoms. The van der Waals surface area contributed by atoms with Gasteiger partial charge in [-0.2, -0.15) is 0 Å². The van der Waals surface area contributed by atoms with Crippen molar-refractivity contribution < 1.29 is 19.1 Å². The maximum Gasteiger partial charge on any atom is 0.373 e. The number of carbonyl (C=O) groups is 1. The molecule has 5 nitrogen and oxygen atoms in total. The minimum absolute atomic E-state index is 0.184. The van der Waals surface area contributed by atoms with Gasteiger partial charge in [0, 0.05) is 24.6 Å². The standard InChI is InChI=1S/C14H21NO4/c1-3-12-10(7-13(19-12)14(17)18-2)8-15-6-4-5-11(15)9-16/h7,11,16H,3-6,8-9H2,1-2H3/t11-/m1/s1. The Morgan fingerprint density at radius 3 is 3.05 bits per heavy atom. The van der Waals surface area contributed by atoms with Crippen LogP contribution in [-0.2, 0) is 17.7 Å². The van der Waals surface area contributed by atoms with Gasteiger partial charge in [0.25, 0.3) is 0 Å². The van der Waals surface area contributed by atoms with Gasteiger partial charge in [0.1, 0.15) is 5.76 Å². The van der Waals surface area contributed by atoms with E-state index in [4.69, 9.17) is 4.42 Å². The minimum atomic E-state index is -0.443. The number of methoxy groups -OCH3 is 1. The number of hydrogen-bond acceptors (Lipinski definition) is 5. The Hall–Kier alpha value is -1.33. The first-order chi connectivity index (χ1) is 9.19. The van der Waals surface area contributed by atoms with E-state index >= 15 is 0 Å². The van der Waals surface area contributed by atoms with E-state index in [2.05, 4.69) is 9.64 Å². The van der Waals surface area contributed by atoms with Gasteiger partial charge >= 0.3 is 5.97 Å². The van der Waals surface area contributed by atoms with E-state index in [1.165, 1.54) is 7.11 Å². The van der Waals surface area contributed by atoms with Gasteiger partial charge in [-0.05, 0) is 25.5 Å². The van der Waals surface area contributed by atoms with Crippen LogP contribution in [0.25, 0.3) is 0 Å². The number of rotatable bonds is 5. The number of aryl methyl sites for hydroxylation is 1. The second kappa shape index (κ2) is 6.21. The predicted octanol–water partition coefficient (Wildman–Crippen LogP) is 1.59. The molecule has 2 rings (SSSR count). The van der Waals surface area contributed by atoms with Gasteiger partial charge < -0.3 is 14.3 Å². The predicted molar refractivity (Wildman–Crippen MR) is 69.9 cm³/mol. The Balaban J connectivity index is 2.14. The number of hydrogen-bond donors (Lipinski definition) is 1. The van der Waals surface area contributed by atoms with Crippen molar-refractivity contribution >= 4 is 5.97 Å². The second-order valence-electron chi connectivity index (χ2n) is 4.85. The van der Waals surface area contributed by atoms with E-state index in [0.717, 1.165) is 43.7 Å². The molecule has 1 aromatic rings. The molecular formula is C14H21NO4. The van der Waals surface area contributed by atoms with E-state index in [-0.39, 0.29) is 18.4 Å². The van der Waals surface area contributed by atoms with Crippen molar-refractivity contribution in [3.8, 4) is 0 Å². The smallest absolute Gasteiger partial charge is 0.373 e. The Morgan fingerprint density at radius 2 is 2.42 bits per heavy atom. The number of nitrogens with zero attached hydrogens (tertiary/aromatic N) is 1. The maximum atomic E-state index is 11.5. The van der Waals surface area contributed by atoms with Crippen molar-refractivity contribution in [2.45, 2.75) is 38.8 Å². The Bertz CT molecular complexity index is 441. The highest BCUT2D eigenvalue weighted by atomic mass is 16.5. The highest BCUT2D eigenvalue weighted by molar-refractivity contribution is 5.86. The summed E-state index contributed by atoms with van der Waals surface area (Å²) in [5.74, 6) is 0.638. The Kier molecular flexibility index (Phi) is 4.61. The number of esters is 1. The third-order valence-electron chi connectivity index (χ3n) is 3.69. The highest BCUT2D eigenvalue weighted by Crippen LogP contribution is 2.24. The van der Waals surface area contributed by atoms with E-state index in [0.29, 0.717) is 0 Å². The Morgan fingerprint density at radius 1 is 1.63 bits per heavy atom. The number of likely N-dealkylation sites (tertiary alicyclic amines) is 1. The van der Waals surface area contributed by atoms with E-state index < -0.39 is 5.97 Å². The summed E-state index contributed by atoms with van der Waals surface area (Å²) in [4.78, 5) is 13.7. The van der Waals surface area contributed by atoms with Crippen LogP contribution in [0.4, 0.5) is 0 Å². The molecule has 1 aromatic heterocycles. The van der Waals surface area contributed by atoms with Crippen LogP contribution in [0.5, 0.6) is 0 Å². The lowest BCUT2D eigenvalue weighted by Crippen LogP contribution is -2.31. The van der Waals surface area contributed by atoms with E-state index in [1.54, 1.807) is 6.07 Å². The second-order valence-corrected chi connectivity index (χ2v) is 4.85. The molecule has 2 heterocycles. The normalized spacial score (nSPS) is 19.8. The maximum absolute atomic E-state index is 11.5. The number of aliphatic hydroxyl groups excluding tert-OH is 1. The van der Waals surface area contributed by atoms with Gasteiger partial charge in [-0.3, -0.25) is 4.90 Å². The molecular weight excluding hydrogens is 246 g/mol. The molecule has 1 atom stereocenters. The molecule has 0 amide bonds. The molecule has 0 unspecified atom stereocenters. The largest absolute Gasteiger partial charge is 0.463 e. The fraction of sp³-hybridized carbons (Fsp3) is 0.643.